The Morgan fingerprint density at radius 2 is 1.82 bits per heavy atom. The number of alkyl halides is 3. The number of rotatable bonds is 2. The van der Waals surface area contributed by atoms with Gasteiger partial charge in [0.25, 0.3) is 9.70 Å². The molecule has 0 unspecified atom stereocenters. The fourth-order valence-electron chi connectivity index (χ4n) is 2.52. The Bertz CT molecular complexity index is 690. The number of aryl methyl sites for hydroxylation is 1. The SMILES string of the molecule is O=C(Nc1ccc(-c2onc3c2CCCC3)cc1)C(Cl)(Cl)Cl. The second-order valence-electron chi connectivity index (χ2n) is 5.17. The normalized spacial score (nSPS) is 14.5. The van der Waals surface area contributed by atoms with Crippen molar-refractivity contribution in [1.29, 1.82) is 0 Å². The van der Waals surface area contributed by atoms with E-state index in [0.29, 0.717) is 5.69 Å². The van der Waals surface area contributed by atoms with Crippen LogP contribution in [0.5, 0.6) is 0 Å². The van der Waals surface area contributed by atoms with E-state index in [1.54, 1.807) is 12.1 Å². The van der Waals surface area contributed by atoms with Crippen LogP contribution in [-0.4, -0.2) is 14.9 Å². The van der Waals surface area contributed by atoms with E-state index < -0.39 is 9.70 Å². The van der Waals surface area contributed by atoms with Gasteiger partial charge in [-0.3, -0.25) is 4.79 Å². The molecule has 3 rings (SSSR count). The van der Waals surface area contributed by atoms with E-state index in [1.807, 2.05) is 12.1 Å². The summed E-state index contributed by atoms with van der Waals surface area (Å²) in [5, 5.41) is 6.67. The molecule has 0 fully saturated rings. The first-order valence-electron chi connectivity index (χ1n) is 6.91. The third kappa shape index (κ3) is 3.24. The maximum absolute atomic E-state index is 11.6. The van der Waals surface area contributed by atoms with E-state index in [-0.39, 0.29) is 0 Å². The topological polar surface area (TPSA) is 55.1 Å². The van der Waals surface area contributed by atoms with Crippen molar-refractivity contribution in [3.8, 4) is 11.3 Å². The van der Waals surface area contributed by atoms with Crippen molar-refractivity contribution in [3.05, 3.63) is 35.5 Å². The van der Waals surface area contributed by atoms with Crippen LogP contribution in [0.3, 0.4) is 0 Å². The molecule has 1 heterocycles. The first-order chi connectivity index (χ1) is 10.4. The molecule has 7 heteroatoms. The lowest BCUT2D eigenvalue weighted by atomic mass is 9.94. The highest BCUT2D eigenvalue weighted by Crippen LogP contribution is 2.32. The van der Waals surface area contributed by atoms with E-state index >= 15 is 0 Å². The Morgan fingerprint density at radius 3 is 2.50 bits per heavy atom. The predicted molar refractivity (Wildman–Crippen MR) is 87.5 cm³/mol. The number of carbonyl (C=O) groups is 1. The second kappa shape index (κ2) is 6.11. The highest BCUT2D eigenvalue weighted by atomic mass is 35.6. The van der Waals surface area contributed by atoms with Crippen LogP contribution >= 0.6 is 34.8 Å². The number of halogens is 3. The second-order valence-corrected chi connectivity index (χ2v) is 7.45. The standard InChI is InChI=1S/C15H13Cl3N2O2/c16-15(17,18)14(21)19-10-7-5-9(6-8-10)13-11-3-1-2-4-12(11)20-22-13/h5-8H,1-4H2,(H,19,21). The summed E-state index contributed by atoms with van der Waals surface area (Å²) in [6.07, 6.45) is 4.26. The minimum atomic E-state index is -1.98. The first-order valence-corrected chi connectivity index (χ1v) is 8.04. The minimum absolute atomic E-state index is 0.549. The van der Waals surface area contributed by atoms with Crippen molar-refractivity contribution in [2.75, 3.05) is 5.32 Å². The number of aromatic nitrogens is 1. The summed E-state index contributed by atoms with van der Waals surface area (Å²) in [5.41, 5.74) is 3.70. The molecule has 1 aromatic carbocycles. The number of nitrogens with one attached hydrogen (secondary N) is 1. The molecule has 22 heavy (non-hydrogen) atoms. The number of hydrogen-bond acceptors (Lipinski definition) is 3. The zero-order valence-electron chi connectivity index (χ0n) is 11.5. The molecule has 0 saturated carbocycles. The van der Waals surface area contributed by atoms with Crippen LogP contribution in [0.25, 0.3) is 11.3 Å². The molecule has 4 nitrogen and oxygen atoms in total. The van der Waals surface area contributed by atoms with Gasteiger partial charge in [0.2, 0.25) is 0 Å². The van der Waals surface area contributed by atoms with Gasteiger partial charge in [-0.1, -0.05) is 40.0 Å². The van der Waals surface area contributed by atoms with Crippen molar-refractivity contribution in [2.24, 2.45) is 0 Å². The summed E-state index contributed by atoms with van der Waals surface area (Å²) in [4.78, 5) is 11.6. The van der Waals surface area contributed by atoms with Gasteiger partial charge in [-0.25, -0.2) is 0 Å². The molecule has 1 aromatic heterocycles. The van der Waals surface area contributed by atoms with Gasteiger partial charge in [-0.05, 0) is 49.9 Å². The van der Waals surface area contributed by atoms with Gasteiger partial charge in [0.05, 0.1) is 5.69 Å². The lowest BCUT2D eigenvalue weighted by Gasteiger charge is -2.12. The number of amides is 1. The van der Waals surface area contributed by atoms with Gasteiger partial charge in [0.15, 0.2) is 5.76 Å². The van der Waals surface area contributed by atoms with Crippen molar-refractivity contribution < 1.29 is 9.32 Å². The molecule has 1 N–H and O–H groups in total. The summed E-state index contributed by atoms with van der Waals surface area (Å²) in [5.74, 6) is 0.108. The lowest BCUT2D eigenvalue weighted by Crippen LogP contribution is -2.26. The average Bonchev–Trinajstić information content (AvgIpc) is 2.91. The summed E-state index contributed by atoms with van der Waals surface area (Å²) < 4.78 is 3.49. The van der Waals surface area contributed by atoms with Gasteiger partial charge < -0.3 is 9.84 Å². The van der Waals surface area contributed by atoms with Crippen LogP contribution in [-0.2, 0) is 17.6 Å². The smallest absolute Gasteiger partial charge is 0.276 e. The van der Waals surface area contributed by atoms with Gasteiger partial charge in [-0.2, -0.15) is 0 Å². The van der Waals surface area contributed by atoms with Crippen LogP contribution < -0.4 is 5.32 Å². The molecule has 1 amide bonds. The molecule has 0 atom stereocenters. The number of nitrogens with zero attached hydrogens (tertiary/aromatic N) is 1. The molecule has 0 radical (unpaired) electrons. The predicted octanol–water partition coefficient (Wildman–Crippen LogP) is 4.53. The molecule has 1 aliphatic carbocycles. The molecule has 2 aromatic rings. The van der Waals surface area contributed by atoms with Crippen LogP contribution in [0, 0.1) is 0 Å². The number of fused-ring (bicyclic) bond motifs is 1. The Labute approximate surface area is 142 Å². The highest BCUT2D eigenvalue weighted by molar-refractivity contribution is 6.76. The average molecular weight is 360 g/mol. The van der Waals surface area contributed by atoms with Gasteiger partial charge in [0, 0.05) is 16.8 Å². The van der Waals surface area contributed by atoms with E-state index in [9.17, 15) is 4.79 Å². The number of benzene rings is 1. The van der Waals surface area contributed by atoms with Gasteiger partial charge >= 0.3 is 0 Å². The number of anilines is 1. The molecule has 116 valence electrons. The minimum Gasteiger partial charge on any atom is -0.356 e. The largest absolute Gasteiger partial charge is 0.356 e. The fourth-order valence-corrected chi connectivity index (χ4v) is 2.67. The van der Waals surface area contributed by atoms with Gasteiger partial charge in [-0.15, -0.1) is 0 Å². The maximum Gasteiger partial charge on any atom is 0.276 e. The highest BCUT2D eigenvalue weighted by Gasteiger charge is 2.30. The van der Waals surface area contributed by atoms with Crippen LogP contribution in [0.2, 0.25) is 0 Å². The van der Waals surface area contributed by atoms with Crippen molar-refractivity contribution in [1.82, 2.24) is 5.16 Å². The van der Waals surface area contributed by atoms with Crippen molar-refractivity contribution in [2.45, 2.75) is 29.5 Å². The quantitative estimate of drug-likeness (QED) is 0.802. The molecule has 0 spiro atoms. The van der Waals surface area contributed by atoms with E-state index in [0.717, 1.165) is 42.7 Å². The Balaban J connectivity index is 1.80. The van der Waals surface area contributed by atoms with E-state index in [1.165, 1.54) is 5.56 Å². The van der Waals surface area contributed by atoms with E-state index in [2.05, 4.69) is 10.5 Å². The molecule has 0 saturated heterocycles. The summed E-state index contributed by atoms with van der Waals surface area (Å²) >= 11 is 16.6. The molecule has 1 aliphatic rings. The van der Waals surface area contributed by atoms with Crippen molar-refractivity contribution >= 4 is 46.4 Å². The van der Waals surface area contributed by atoms with Crippen LogP contribution in [0.15, 0.2) is 28.8 Å². The summed E-state index contributed by atoms with van der Waals surface area (Å²) in [6, 6.07) is 7.18. The lowest BCUT2D eigenvalue weighted by molar-refractivity contribution is -0.115. The third-order valence-electron chi connectivity index (χ3n) is 3.62. The Kier molecular flexibility index (Phi) is 4.35. The molecule has 0 aliphatic heterocycles. The van der Waals surface area contributed by atoms with E-state index in [4.69, 9.17) is 39.3 Å². The first kappa shape index (κ1) is 15.7. The molecule has 0 bridgehead atoms. The zero-order valence-corrected chi connectivity index (χ0v) is 13.8. The number of hydrogen-bond donors (Lipinski definition) is 1. The Morgan fingerprint density at radius 1 is 1.14 bits per heavy atom. The fraction of sp³-hybridized carbons (Fsp3) is 0.333. The van der Waals surface area contributed by atoms with Crippen LogP contribution in [0.1, 0.15) is 24.1 Å². The third-order valence-corrected chi connectivity index (χ3v) is 4.14. The monoisotopic (exact) mass is 358 g/mol. The zero-order chi connectivity index (χ0) is 15.7. The van der Waals surface area contributed by atoms with Crippen LogP contribution in [0.4, 0.5) is 5.69 Å². The maximum atomic E-state index is 11.6. The summed E-state index contributed by atoms with van der Waals surface area (Å²) in [6.45, 7) is 0. The summed E-state index contributed by atoms with van der Waals surface area (Å²) in [7, 11) is 0. The van der Waals surface area contributed by atoms with Gasteiger partial charge in [0.1, 0.15) is 0 Å². The molecular formula is C15H13Cl3N2O2. The van der Waals surface area contributed by atoms with Crippen molar-refractivity contribution in [3.63, 3.8) is 0 Å². The Hall–Kier alpha value is -1.23. The number of carbonyl (C=O) groups excluding carboxylic acids is 1. The molecular weight excluding hydrogens is 347 g/mol.